The van der Waals surface area contributed by atoms with E-state index >= 15 is 0 Å². The second-order valence-corrected chi connectivity index (χ2v) is 7.87. The fourth-order valence-corrected chi connectivity index (χ4v) is 4.64. The highest BCUT2D eigenvalue weighted by atomic mass is 32.2. The number of nitro groups is 1. The lowest BCUT2D eigenvalue weighted by Gasteiger charge is -2.43. The first-order valence-electron chi connectivity index (χ1n) is 9.23. The van der Waals surface area contributed by atoms with Gasteiger partial charge in [0.2, 0.25) is 5.70 Å². The minimum Gasteiger partial charge on any atom is -0.497 e. The molecule has 1 aromatic rings. The van der Waals surface area contributed by atoms with Crippen LogP contribution in [0, 0.1) is 21.4 Å². The third-order valence-corrected chi connectivity index (χ3v) is 6.28. The zero-order valence-electron chi connectivity index (χ0n) is 16.1. The summed E-state index contributed by atoms with van der Waals surface area (Å²) in [4.78, 5) is 10.8. The SMILES string of the molecule is COc1ccc(C2CC(C3=CC=C([N+](=O)[O-])C3)NC3C(C#N)=C(SC)NN32)cc1. The Labute approximate surface area is 173 Å². The van der Waals surface area contributed by atoms with Crippen molar-refractivity contribution in [3.63, 3.8) is 0 Å². The Morgan fingerprint density at radius 2 is 2.10 bits per heavy atom. The van der Waals surface area contributed by atoms with Gasteiger partial charge in [0.15, 0.2) is 0 Å². The van der Waals surface area contributed by atoms with E-state index in [2.05, 4.69) is 21.8 Å². The fraction of sp³-hybridized carbons (Fsp3) is 0.350. The largest absolute Gasteiger partial charge is 0.497 e. The Kier molecular flexibility index (Phi) is 5.32. The number of nitrogens with zero attached hydrogens (tertiary/aromatic N) is 3. The molecule has 0 amide bonds. The first kappa shape index (κ1) is 19.5. The van der Waals surface area contributed by atoms with Crippen molar-refractivity contribution in [2.45, 2.75) is 31.1 Å². The zero-order valence-corrected chi connectivity index (χ0v) is 16.9. The van der Waals surface area contributed by atoms with Crippen molar-refractivity contribution in [3.8, 4) is 11.8 Å². The Balaban J connectivity index is 1.65. The van der Waals surface area contributed by atoms with Crippen molar-refractivity contribution in [1.82, 2.24) is 15.8 Å². The quantitative estimate of drug-likeness (QED) is 0.563. The van der Waals surface area contributed by atoms with Crippen LogP contribution in [0.1, 0.15) is 24.4 Å². The summed E-state index contributed by atoms with van der Waals surface area (Å²) in [5.41, 5.74) is 6.29. The zero-order chi connectivity index (χ0) is 20.5. The number of nitrogens with one attached hydrogen (secondary N) is 2. The molecule has 3 unspecified atom stereocenters. The number of fused-ring (bicyclic) bond motifs is 1. The predicted octanol–water partition coefficient (Wildman–Crippen LogP) is 2.83. The number of hydrogen-bond acceptors (Lipinski definition) is 8. The number of methoxy groups -OCH3 is 1. The summed E-state index contributed by atoms with van der Waals surface area (Å²) in [6.07, 6.45) is 6.10. The van der Waals surface area contributed by atoms with Crippen molar-refractivity contribution < 1.29 is 9.66 Å². The van der Waals surface area contributed by atoms with Crippen LogP contribution in [0.25, 0.3) is 0 Å². The molecule has 1 fully saturated rings. The number of nitriles is 1. The van der Waals surface area contributed by atoms with Crippen LogP contribution in [0.3, 0.4) is 0 Å². The molecule has 0 radical (unpaired) electrons. The summed E-state index contributed by atoms with van der Waals surface area (Å²) in [6.45, 7) is 0. The van der Waals surface area contributed by atoms with Gasteiger partial charge in [-0.2, -0.15) is 10.3 Å². The molecule has 1 aromatic carbocycles. The van der Waals surface area contributed by atoms with E-state index in [4.69, 9.17) is 4.74 Å². The third-order valence-electron chi connectivity index (χ3n) is 5.56. The number of rotatable bonds is 5. The van der Waals surface area contributed by atoms with E-state index in [9.17, 15) is 15.4 Å². The van der Waals surface area contributed by atoms with Crippen molar-refractivity contribution in [3.05, 3.63) is 74.0 Å². The van der Waals surface area contributed by atoms with E-state index in [1.807, 2.05) is 36.6 Å². The fourth-order valence-electron chi connectivity index (χ4n) is 4.07. The van der Waals surface area contributed by atoms with Gasteiger partial charge in [0.1, 0.15) is 18.0 Å². The van der Waals surface area contributed by atoms with Crippen LogP contribution >= 0.6 is 11.8 Å². The number of benzene rings is 1. The van der Waals surface area contributed by atoms with Gasteiger partial charge >= 0.3 is 0 Å². The molecule has 0 spiro atoms. The molecular weight excluding hydrogens is 390 g/mol. The molecule has 1 saturated heterocycles. The van der Waals surface area contributed by atoms with Crippen LogP contribution in [0.5, 0.6) is 5.75 Å². The Morgan fingerprint density at radius 1 is 1.34 bits per heavy atom. The first-order valence-corrected chi connectivity index (χ1v) is 10.5. The molecule has 150 valence electrons. The van der Waals surface area contributed by atoms with E-state index < -0.39 is 0 Å². The van der Waals surface area contributed by atoms with Crippen molar-refractivity contribution >= 4 is 11.8 Å². The average Bonchev–Trinajstić information content (AvgIpc) is 3.37. The highest BCUT2D eigenvalue weighted by Gasteiger charge is 2.44. The molecule has 3 aliphatic rings. The number of allylic oxidation sites excluding steroid dienone is 3. The van der Waals surface area contributed by atoms with Gasteiger partial charge in [0, 0.05) is 12.1 Å². The van der Waals surface area contributed by atoms with Crippen molar-refractivity contribution in [2.24, 2.45) is 0 Å². The minimum absolute atomic E-state index is 0.00860. The maximum absolute atomic E-state index is 11.1. The lowest BCUT2D eigenvalue weighted by Crippen LogP contribution is -2.58. The van der Waals surface area contributed by atoms with E-state index in [0.29, 0.717) is 12.0 Å². The highest BCUT2D eigenvalue weighted by Crippen LogP contribution is 2.40. The summed E-state index contributed by atoms with van der Waals surface area (Å²) in [6, 6.07) is 10.1. The molecule has 0 bridgehead atoms. The van der Waals surface area contributed by atoms with Gasteiger partial charge in [-0.1, -0.05) is 18.2 Å². The smallest absolute Gasteiger partial charge is 0.250 e. The van der Waals surface area contributed by atoms with E-state index in [-0.39, 0.29) is 28.9 Å². The molecule has 2 aliphatic heterocycles. The van der Waals surface area contributed by atoms with Gasteiger partial charge in [0.05, 0.1) is 35.1 Å². The topological polar surface area (TPSA) is 103 Å². The van der Waals surface area contributed by atoms with Gasteiger partial charge in [-0.05, 0) is 35.9 Å². The third kappa shape index (κ3) is 3.51. The standard InChI is InChI=1S/C20H21N5O3S/c1-28-15-7-4-12(5-8-15)18-10-17(13-3-6-14(9-13)25(26)27)22-19-16(11-21)20(29-2)23-24(18)19/h3-8,17-19,22-23H,9-10H2,1-2H3. The molecule has 4 rings (SSSR count). The van der Waals surface area contributed by atoms with Crippen LogP contribution in [0.4, 0.5) is 0 Å². The van der Waals surface area contributed by atoms with Crippen LogP contribution in [-0.4, -0.2) is 35.5 Å². The summed E-state index contributed by atoms with van der Waals surface area (Å²) in [5.74, 6) is 0.782. The summed E-state index contributed by atoms with van der Waals surface area (Å²) >= 11 is 1.50. The van der Waals surface area contributed by atoms with Crippen molar-refractivity contribution in [2.75, 3.05) is 13.4 Å². The van der Waals surface area contributed by atoms with Crippen LogP contribution in [-0.2, 0) is 0 Å². The maximum atomic E-state index is 11.1. The molecule has 1 aliphatic carbocycles. The Bertz CT molecular complexity index is 963. The Hall–Kier alpha value is -2.80. The van der Waals surface area contributed by atoms with E-state index in [0.717, 1.165) is 28.3 Å². The first-order chi connectivity index (χ1) is 14.0. The van der Waals surface area contributed by atoms with Gasteiger partial charge < -0.3 is 10.2 Å². The molecule has 9 heteroatoms. The lowest BCUT2D eigenvalue weighted by atomic mass is 9.90. The summed E-state index contributed by atoms with van der Waals surface area (Å²) in [5, 5.41) is 27.3. The minimum atomic E-state index is -0.330. The van der Waals surface area contributed by atoms with Crippen LogP contribution in [0.15, 0.2) is 58.3 Å². The predicted molar refractivity (Wildman–Crippen MR) is 110 cm³/mol. The van der Waals surface area contributed by atoms with Gasteiger partial charge in [-0.25, -0.2) is 0 Å². The molecule has 2 N–H and O–H groups in total. The summed E-state index contributed by atoms with van der Waals surface area (Å²) < 4.78 is 5.27. The van der Waals surface area contributed by atoms with Gasteiger partial charge in [-0.15, -0.1) is 11.8 Å². The van der Waals surface area contributed by atoms with Gasteiger partial charge in [0.25, 0.3) is 0 Å². The second-order valence-electron chi connectivity index (χ2n) is 7.06. The Morgan fingerprint density at radius 3 is 2.69 bits per heavy atom. The maximum Gasteiger partial charge on any atom is 0.250 e. The number of hydrogen-bond donors (Lipinski definition) is 2. The van der Waals surface area contributed by atoms with E-state index in [1.165, 1.54) is 11.8 Å². The number of thioether (sulfide) groups is 1. The second kappa shape index (κ2) is 7.91. The van der Waals surface area contributed by atoms with Gasteiger partial charge in [-0.3, -0.25) is 15.4 Å². The summed E-state index contributed by atoms with van der Waals surface area (Å²) in [7, 11) is 1.63. The molecule has 3 atom stereocenters. The van der Waals surface area contributed by atoms with Crippen molar-refractivity contribution in [1.29, 1.82) is 5.26 Å². The molecule has 29 heavy (non-hydrogen) atoms. The number of hydrazine groups is 1. The molecule has 0 saturated carbocycles. The van der Waals surface area contributed by atoms with E-state index in [1.54, 1.807) is 13.2 Å². The normalized spacial score (nSPS) is 26.3. The van der Waals surface area contributed by atoms with Crippen LogP contribution < -0.4 is 15.5 Å². The molecule has 2 heterocycles. The van der Waals surface area contributed by atoms with Crippen LogP contribution in [0.2, 0.25) is 0 Å². The molecule has 8 nitrogen and oxygen atoms in total. The lowest BCUT2D eigenvalue weighted by molar-refractivity contribution is -0.426. The highest BCUT2D eigenvalue weighted by molar-refractivity contribution is 8.02. The average molecular weight is 411 g/mol. The monoisotopic (exact) mass is 411 g/mol. The molecule has 0 aromatic heterocycles. The number of ether oxygens (including phenoxy) is 1. The molecular formula is C20H21N5O3S.